The van der Waals surface area contributed by atoms with Crippen LogP contribution in [0.2, 0.25) is 0 Å². The summed E-state index contributed by atoms with van der Waals surface area (Å²) in [6, 6.07) is 27.5. The number of benzene rings is 3. The van der Waals surface area contributed by atoms with Gasteiger partial charge in [0, 0.05) is 14.1 Å². The molecule has 6 nitrogen and oxygen atoms in total. The smallest absolute Gasteiger partial charge is 0.331 e. The number of rotatable bonds is 2. The molecule has 3 aromatic carbocycles. The van der Waals surface area contributed by atoms with E-state index in [2.05, 4.69) is 4.57 Å². The molecule has 0 radical (unpaired) electrons. The van der Waals surface area contributed by atoms with Gasteiger partial charge in [-0.05, 0) is 23.3 Å². The van der Waals surface area contributed by atoms with Crippen LogP contribution in [0.5, 0.6) is 5.75 Å². The molecule has 0 aliphatic carbocycles. The van der Waals surface area contributed by atoms with Crippen molar-refractivity contribution in [2.45, 2.75) is 47.6 Å². The molecule has 0 saturated heterocycles. The summed E-state index contributed by atoms with van der Waals surface area (Å²) in [7, 11) is 3.23. The minimum absolute atomic E-state index is 0.321. The largest absolute Gasteiger partial charge is 0.477 e. The molecular weight excluding hydrogens is 486 g/mol. The minimum Gasteiger partial charge on any atom is -0.477 e. The van der Waals surface area contributed by atoms with Gasteiger partial charge in [-0.2, -0.15) is 0 Å². The fraction of sp³-hybridized carbons (Fsp3) is 0.273. The van der Waals surface area contributed by atoms with Gasteiger partial charge in [-0.1, -0.05) is 114 Å². The van der Waals surface area contributed by atoms with Gasteiger partial charge in [-0.25, -0.2) is 4.79 Å². The fourth-order valence-corrected chi connectivity index (χ4v) is 4.83. The lowest BCUT2D eigenvalue weighted by atomic mass is 10.0. The standard InChI is InChI=1S/C27H21N3O3.3C2H6/c1-28-23-21(26(31)29(2)27(28)32)22(17-11-5-3-6-12-17)30-19-15-9-10-16-20(19)33-25(24(23)30)18-13-7-4-8-14-18;3*1-2/h3-16,25H,1-2H3;3*1-2H3. The third kappa shape index (κ3) is 4.94. The van der Waals surface area contributed by atoms with E-state index >= 15 is 0 Å². The van der Waals surface area contributed by atoms with E-state index in [1.165, 1.54) is 11.6 Å². The van der Waals surface area contributed by atoms with E-state index in [9.17, 15) is 9.59 Å². The molecule has 2 aromatic heterocycles. The Kier molecular flexibility index (Phi) is 9.72. The molecule has 0 bridgehead atoms. The van der Waals surface area contributed by atoms with Crippen LogP contribution in [0, 0.1) is 0 Å². The first-order valence-electron chi connectivity index (χ1n) is 13.8. The fourth-order valence-electron chi connectivity index (χ4n) is 4.83. The lowest BCUT2D eigenvalue weighted by Crippen LogP contribution is -2.37. The van der Waals surface area contributed by atoms with Gasteiger partial charge in [-0.3, -0.25) is 13.9 Å². The Morgan fingerprint density at radius 1 is 0.667 bits per heavy atom. The molecular formula is C33H39N3O3. The van der Waals surface area contributed by atoms with Gasteiger partial charge >= 0.3 is 5.69 Å². The zero-order valence-electron chi connectivity index (χ0n) is 24.2. The molecule has 1 aliphatic heterocycles. The number of ether oxygens (including phenoxy) is 1. The Labute approximate surface area is 230 Å². The Morgan fingerprint density at radius 3 is 1.82 bits per heavy atom. The average Bonchev–Trinajstić information content (AvgIpc) is 3.39. The van der Waals surface area contributed by atoms with Crippen LogP contribution in [0.4, 0.5) is 0 Å². The Bertz CT molecular complexity index is 1650. The van der Waals surface area contributed by atoms with E-state index in [1.54, 1.807) is 11.6 Å². The zero-order chi connectivity index (χ0) is 28.7. The molecule has 1 unspecified atom stereocenters. The monoisotopic (exact) mass is 525 g/mol. The number of hydrogen-bond acceptors (Lipinski definition) is 3. The number of hydrogen-bond donors (Lipinski definition) is 0. The van der Waals surface area contributed by atoms with Crippen molar-refractivity contribution < 1.29 is 4.74 Å². The minimum atomic E-state index is -0.487. The first-order valence-corrected chi connectivity index (χ1v) is 13.8. The highest BCUT2D eigenvalue weighted by molar-refractivity contribution is 5.98. The molecule has 5 aromatic rings. The van der Waals surface area contributed by atoms with Crippen LogP contribution in [0.15, 0.2) is 94.5 Å². The van der Waals surface area contributed by atoms with Crippen LogP contribution in [-0.2, 0) is 14.1 Å². The molecule has 6 heteroatoms. The van der Waals surface area contributed by atoms with Crippen LogP contribution in [0.3, 0.4) is 0 Å². The van der Waals surface area contributed by atoms with Crippen LogP contribution in [0.25, 0.3) is 27.8 Å². The molecule has 0 spiro atoms. The SMILES string of the molecule is CC.CC.CC.Cn1c(=O)c2c(-c3ccccc3)n3c(c2n(C)c1=O)C(c1ccccc1)Oc1ccccc1-3. The molecule has 0 N–H and O–H groups in total. The number of para-hydroxylation sites is 2. The van der Waals surface area contributed by atoms with Crippen molar-refractivity contribution >= 4 is 10.9 Å². The van der Waals surface area contributed by atoms with Gasteiger partial charge in [0.2, 0.25) is 0 Å². The second-order valence-electron chi connectivity index (χ2n) is 8.24. The summed E-state index contributed by atoms with van der Waals surface area (Å²) >= 11 is 0. The molecule has 6 rings (SSSR count). The van der Waals surface area contributed by atoms with E-state index < -0.39 is 6.10 Å². The van der Waals surface area contributed by atoms with Crippen molar-refractivity contribution in [2.24, 2.45) is 14.1 Å². The van der Waals surface area contributed by atoms with Crippen molar-refractivity contribution in [2.75, 3.05) is 0 Å². The highest BCUT2D eigenvalue weighted by Gasteiger charge is 2.35. The van der Waals surface area contributed by atoms with E-state index in [0.717, 1.165) is 34.0 Å². The summed E-state index contributed by atoms with van der Waals surface area (Å²) < 4.78 is 11.3. The molecule has 39 heavy (non-hydrogen) atoms. The lowest BCUT2D eigenvalue weighted by molar-refractivity contribution is 0.229. The van der Waals surface area contributed by atoms with Crippen LogP contribution >= 0.6 is 0 Å². The van der Waals surface area contributed by atoms with Gasteiger partial charge < -0.3 is 9.30 Å². The predicted octanol–water partition coefficient (Wildman–Crippen LogP) is 7.26. The maximum absolute atomic E-state index is 13.6. The summed E-state index contributed by atoms with van der Waals surface area (Å²) in [6.45, 7) is 12.0. The van der Waals surface area contributed by atoms with Gasteiger partial charge in [0.05, 0.1) is 28.0 Å². The van der Waals surface area contributed by atoms with Gasteiger partial charge in [-0.15, -0.1) is 0 Å². The molecule has 0 fully saturated rings. The molecule has 1 atom stereocenters. The summed E-state index contributed by atoms with van der Waals surface area (Å²) in [6.07, 6.45) is -0.487. The average molecular weight is 526 g/mol. The third-order valence-electron chi connectivity index (χ3n) is 6.36. The number of aryl methyl sites for hydroxylation is 1. The number of nitrogens with zero attached hydrogens (tertiary/aromatic N) is 3. The molecule has 204 valence electrons. The predicted molar refractivity (Wildman–Crippen MR) is 162 cm³/mol. The Morgan fingerprint density at radius 2 is 1.21 bits per heavy atom. The molecule has 0 saturated carbocycles. The second kappa shape index (κ2) is 13.0. The number of fused-ring (bicyclic) bond motifs is 5. The molecule has 1 aliphatic rings. The first-order chi connectivity index (χ1) is 19.1. The van der Waals surface area contributed by atoms with Crippen LogP contribution < -0.4 is 16.0 Å². The summed E-state index contributed by atoms with van der Waals surface area (Å²) in [5, 5.41) is 0.502. The normalized spacial score (nSPS) is 12.8. The van der Waals surface area contributed by atoms with Crippen LogP contribution in [-0.4, -0.2) is 13.7 Å². The Balaban J connectivity index is 0.000000657. The second-order valence-corrected chi connectivity index (χ2v) is 8.24. The van der Waals surface area contributed by atoms with Crippen molar-refractivity contribution in [3.8, 4) is 22.7 Å². The van der Waals surface area contributed by atoms with Crippen molar-refractivity contribution in [3.63, 3.8) is 0 Å². The highest BCUT2D eigenvalue weighted by Crippen LogP contribution is 2.46. The van der Waals surface area contributed by atoms with Gasteiger partial charge in [0.1, 0.15) is 5.75 Å². The van der Waals surface area contributed by atoms with E-state index in [4.69, 9.17) is 4.74 Å². The maximum atomic E-state index is 13.6. The summed E-state index contributed by atoms with van der Waals surface area (Å²) in [5.74, 6) is 0.721. The summed E-state index contributed by atoms with van der Waals surface area (Å²) in [4.78, 5) is 26.6. The molecule has 3 heterocycles. The Hall–Kier alpha value is -4.32. The van der Waals surface area contributed by atoms with E-state index in [0.29, 0.717) is 10.9 Å². The highest BCUT2D eigenvalue weighted by atomic mass is 16.5. The van der Waals surface area contributed by atoms with E-state index in [-0.39, 0.29) is 11.2 Å². The zero-order valence-corrected chi connectivity index (χ0v) is 24.2. The van der Waals surface area contributed by atoms with E-state index in [1.807, 2.05) is 126 Å². The number of aromatic nitrogens is 3. The molecule has 0 amide bonds. The van der Waals surface area contributed by atoms with Gasteiger partial charge in [0.25, 0.3) is 5.56 Å². The van der Waals surface area contributed by atoms with Crippen molar-refractivity contribution in [3.05, 3.63) is 117 Å². The van der Waals surface area contributed by atoms with Crippen LogP contribution in [0.1, 0.15) is 58.9 Å². The summed E-state index contributed by atoms with van der Waals surface area (Å²) in [5.41, 5.74) is 4.10. The lowest BCUT2D eigenvalue weighted by Gasteiger charge is -2.30. The van der Waals surface area contributed by atoms with Crippen molar-refractivity contribution in [1.29, 1.82) is 0 Å². The quantitative estimate of drug-likeness (QED) is 0.244. The maximum Gasteiger partial charge on any atom is 0.331 e. The topological polar surface area (TPSA) is 58.2 Å². The van der Waals surface area contributed by atoms with Gasteiger partial charge in [0.15, 0.2) is 6.10 Å². The van der Waals surface area contributed by atoms with Crippen molar-refractivity contribution in [1.82, 2.24) is 13.7 Å². The third-order valence-corrected chi connectivity index (χ3v) is 6.36. The first kappa shape index (κ1) is 29.2.